The Morgan fingerprint density at radius 3 is 2.64 bits per heavy atom. The Morgan fingerprint density at radius 2 is 1.92 bits per heavy atom. The van der Waals surface area contributed by atoms with Crippen LogP contribution in [0.2, 0.25) is 0 Å². The summed E-state index contributed by atoms with van der Waals surface area (Å²) in [6, 6.07) is 19.3. The number of tetrazole rings is 1. The van der Waals surface area contributed by atoms with E-state index >= 15 is 0 Å². The van der Waals surface area contributed by atoms with Crippen molar-refractivity contribution in [1.82, 2.24) is 50.7 Å². The van der Waals surface area contributed by atoms with E-state index in [1.54, 1.807) is 21.9 Å². The van der Waals surface area contributed by atoms with Crippen LogP contribution < -0.4 is 15.8 Å². The predicted octanol–water partition coefficient (Wildman–Crippen LogP) is 2.25. The van der Waals surface area contributed by atoms with Crippen LogP contribution in [0.4, 0.5) is 9.93 Å². The zero-order chi connectivity index (χ0) is 34.8. The van der Waals surface area contributed by atoms with Crippen LogP contribution in [0.5, 0.6) is 5.75 Å². The molecule has 4 amide bonds. The molecule has 5 aromatic rings. The Balaban J connectivity index is 1.18. The van der Waals surface area contributed by atoms with E-state index in [4.69, 9.17) is 16.9 Å². The first kappa shape index (κ1) is 32.5. The molecule has 2 saturated heterocycles. The van der Waals surface area contributed by atoms with Crippen molar-refractivity contribution in [3.63, 3.8) is 0 Å². The van der Waals surface area contributed by atoms with Crippen molar-refractivity contribution in [2.75, 3.05) is 32.5 Å². The molecule has 254 valence electrons. The minimum atomic E-state index is -0.848. The molecular formula is C34H33N11O4S. The molecule has 4 N–H and O–H groups in total. The number of piperazine rings is 1. The van der Waals surface area contributed by atoms with Crippen LogP contribution in [-0.2, 0) is 29.1 Å². The van der Waals surface area contributed by atoms with Crippen molar-refractivity contribution < 1.29 is 19.1 Å². The highest BCUT2D eigenvalue weighted by molar-refractivity contribution is 7.22. The van der Waals surface area contributed by atoms with Gasteiger partial charge in [0.2, 0.25) is 11.8 Å². The molecule has 0 bridgehead atoms. The fourth-order valence-corrected chi connectivity index (χ4v) is 7.21. The molecule has 0 saturated carbocycles. The number of hydrazine groups is 1. The van der Waals surface area contributed by atoms with E-state index in [2.05, 4.69) is 36.8 Å². The number of anilines is 1. The van der Waals surface area contributed by atoms with Gasteiger partial charge in [-0.2, -0.15) is 5.01 Å². The number of nitrogens with one attached hydrogen (secondary N) is 2. The Morgan fingerprint density at radius 1 is 1.14 bits per heavy atom. The van der Waals surface area contributed by atoms with Crippen LogP contribution in [0.15, 0.2) is 66.7 Å². The van der Waals surface area contributed by atoms with Crippen molar-refractivity contribution in [3.05, 3.63) is 83.4 Å². The first-order valence-corrected chi connectivity index (χ1v) is 16.6. The van der Waals surface area contributed by atoms with Gasteiger partial charge < -0.3 is 25.6 Å². The third-order valence-electron chi connectivity index (χ3n) is 8.84. The Kier molecular flexibility index (Phi) is 8.98. The number of methoxy groups -OCH3 is 1. The molecule has 0 aliphatic carbocycles. The van der Waals surface area contributed by atoms with Crippen LogP contribution in [0.3, 0.4) is 0 Å². The van der Waals surface area contributed by atoms with E-state index in [0.29, 0.717) is 16.7 Å². The fourth-order valence-electron chi connectivity index (χ4n) is 6.43. The number of urea groups is 1. The first-order chi connectivity index (χ1) is 24.3. The SMILES string of the molecule is C#CCN(C(=O)NCc1ccc(OC)cc1)N1CC(=O)N2[C@@H](Cc3ccc(-c4nnn[nH]4)cc3)C(=O)N(Cc3cccc4sc(N)nc34)C[C@@H]21. The smallest absolute Gasteiger partial charge is 0.333 e. The van der Waals surface area contributed by atoms with E-state index in [1.165, 1.54) is 16.3 Å². The number of hydrogen-bond donors (Lipinski definition) is 3. The number of aromatic amines is 1. The van der Waals surface area contributed by atoms with E-state index < -0.39 is 18.2 Å². The summed E-state index contributed by atoms with van der Waals surface area (Å²) in [6.45, 7) is 0.392. The predicted molar refractivity (Wildman–Crippen MR) is 185 cm³/mol. The highest BCUT2D eigenvalue weighted by Gasteiger charge is 2.52. The number of nitrogens with two attached hydrogens (primary N) is 1. The number of thiazole rings is 1. The number of hydrogen-bond acceptors (Lipinski definition) is 11. The number of terminal acetylenes is 1. The average molecular weight is 692 g/mol. The summed E-state index contributed by atoms with van der Waals surface area (Å²) in [5, 5.41) is 20.4. The van der Waals surface area contributed by atoms with Gasteiger partial charge in [0, 0.05) is 25.1 Å². The molecule has 2 aliphatic rings. The highest BCUT2D eigenvalue weighted by Crippen LogP contribution is 2.32. The van der Waals surface area contributed by atoms with Crippen LogP contribution in [0.25, 0.3) is 21.6 Å². The zero-order valence-corrected chi connectivity index (χ0v) is 27.8. The maximum absolute atomic E-state index is 14.4. The second-order valence-electron chi connectivity index (χ2n) is 11.8. The van der Waals surface area contributed by atoms with Crippen molar-refractivity contribution in [2.45, 2.75) is 31.7 Å². The molecule has 2 atom stereocenters. The number of benzene rings is 3. The molecule has 2 fully saturated rings. The minimum Gasteiger partial charge on any atom is -0.497 e. The van der Waals surface area contributed by atoms with E-state index in [-0.39, 0.29) is 51.0 Å². The summed E-state index contributed by atoms with van der Waals surface area (Å²) in [5.74, 6) is 3.28. The number of amides is 4. The molecule has 0 radical (unpaired) electrons. The molecule has 3 aromatic carbocycles. The average Bonchev–Trinajstić information content (AvgIpc) is 3.88. The van der Waals surface area contributed by atoms with Gasteiger partial charge in [-0.25, -0.2) is 19.9 Å². The second kappa shape index (κ2) is 13.8. The van der Waals surface area contributed by atoms with E-state index in [1.807, 2.05) is 66.7 Å². The van der Waals surface area contributed by atoms with E-state index in [9.17, 15) is 14.4 Å². The number of carbonyl (C=O) groups excluding carboxylic acids is 3. The summed E-state index contributed by atoms with van der Waals surface area (Å²) in [4.78, 5) is 49.7. The molecule has 4 heterocycles. The summed E-state index contributed by atoms with van der Waals surface area (Å²) in [7, 11) is 1.59. The number of nitrogens with zero attached hydrogens (tertiary/aromatic N) is 8. The van der Waals surface area contributed by atoms with E-state index in [0.717, 1.165) is 32.5 Å². The third kappa shape index (κ3) is 6.39. The number of nitrogen functional groups attached to an aromatic ring is 1. The molecule has 0 spiro atoms. The maximum atomic E-state index is 14.4. The number of ether oxygens (including phenoxy) is 1. The lowest BCUT2D eigenvalue weighted by Crippen LogP contribution is -2.66. The normalized spacial score (nSPS) is 17.5. The first-order valence-electron chi connectivity index (χ1n) is 15.8. The maximum Gasteiger partial charge on any atom is 0.333 e. The molecule has 0 unspecified atom stereocenters. The van der Waals surface area contributed by atoms with Gasteiger partial charge in [0.15, 0.2) is 11.0 Å². The summed E-state index contributed by atoms with van der Waals surface area (Å²) >= 11 is 1.38. The van der Waals surface area contributed by atoms with Crippen molar-refractivity contribution >= 4 is 44.5 Å². The molecule has 15 nitrogen and oxygen atoms in total. The van der Waals surface area contributed by atoms with Gasteiger partial charge in [0.05, 0.1) is 37.0 Å². The van der Waals surface area contributed by atoms with Gasteiger partial charge in [0.1, 0.15) is 18.0 Å². The van der Waals surface area contributed by atoms with Crippen LogP contribution in [0, 0.1) is 12.3 Å². The van der Waals surface area contributed by atoms with Gasteiger partial charge in [0.25, 0.3) is 0 Å². The molecule has 2 aliphatic heterocycles. The van der Waals surface area contributed by atoms with Gasteiger partial charge in [-0.3, -0.25) is 9.59 Å². The van der Waals surface area contributed by atoms with Crippen molar-refractivity contribution in [1.29, 1.82) is 0 Å². The zero-order valence-electron chi connectivity index (χ0n) is 27.0. The third-order valence-corrected chi connectivity index (χ3v) is 9.69. The number of carbonyl (C=O) groups is 3. The Hall–Kier alpha value is -6.05. The van der Waals surface area contributed by atoms with Gasteiger partial charge in [-0.1, -0.05) is 65.8 Å². The lowest BCUT2D eigenvalue weighted by molar-refractivity contribution is -0.157. The largest absolute Gasteiger partial charge is 0.497 e. The Labute approximate surface area is 291 Å². The summed E-state index contributed by atoms with van der Waals surface area (Å²) < 4.78 is 6.14. The number of para-hydroxylation sites is 1. The van der Waals surface area contributed by atoms with Crippen LogP contribution >= 0.6 is 11.3 Å². The number of aromatic nitrogens is 5. The number of rotatable bonds is 10. The van der Waals surface area contributed by atoms with Gasteiger partial charge in [-0.05, 0) is 45.3 Å². The standard InChI is InChI=1S/C34H33N11O4S/c1-3-15-43(34(48)36-17-22-9-13-25(49-2)14-10-22)44-20-29(46)45-26(16-21-7-11-23(12-8-21)31-38-40-41-39-31)32(47)42(19-28(44)45)18-24-5-4-6-27-30(24)37-33(35)50-27/h1,4-14,26,28H,15-20H2,2H3,(H2,35,37)(H,36,48)(H,38,39,40,41)/t26-,28+/m0/s1. The number of fused-ring (bicyclic) bond motifs is 2. The van der Waals surface area contributed by atoms with Crippen LogP contribution in [0.1, 0.15) is 16.7 Å². The molecule has 16 heteroatoms. The fraction of sp³-hybridized carbons (Fsp3) is 0.265. The van der Waals surface area contributed by atoms with Gasteiger partial charge >= 0.3 is 6.03 Å². The lowest BCUT2D eigenvalue weighted by Gasteiger charge is -2.46. The van der Waals surface area contributed by atoms with Gasteiger partial charge in [-0.15, -0.1) is 11.5 Å². The lowest BCUT2D eigenvalue weighted by atomic mass is 9.99. The topological polar surface area (TPSA) is 179 Å². The quantitative estimate of drug-likeness (QED) is 0.184. The monoisotopic (exact) mass is 691 g/mol. The molecule has 50 heavy (non-hydrogen) atoms. The minimum absolute atomic E-state index is 0.0833. The summed E-state index contributed by atoms with van der Waals surface area (Å²) in [5.41, 5.74) is 10.1. The van der Waals surface area contributed by atoms with Crippen molar-refractivity contribution in [3.8, 4) is 29.5 Å². The Bertz CT molecular complexity index is 2060. The molecule has 7 rings (SSSR count). The highest BCUT2D eigenvalue weighted by atomic mass is 32.1. The number of H-pyrrole nitrogens is 1. The molecular weight excluding hydrogens is 659 g/mol. The molecule has 2 aromatic heterocycles. The van der Waals surface area contributed by atoms with Crippen molar-refractivity contribution in [2.24, 2.45) is 0 Å². The van der Waals surface area contributed by atoms with Crippen LogP contribution in [-0.4, -0.2) is 102 Å². The second-order valence-corrected chi connectivity index (χ2v) is 12.9. The summed E-state index contributed by atoms with van der Waals surface area (Å²) in [6.07, 6.45) is 5.33.